The van der Waals surface area contributed by atoms with Crippen molar-refractivity contribution in [3.63, 3.8) is 0 Å². The third-order valence-corrected chi connectivity index (χ3v) is 5.33. The molecule has 1 heterocycles. The van der Waals surface area contributed by atoms with Gasteiger partial charge < -0.3 is 9.73 Å². The first-order valence-electron chi connectivity index (χ1n) is 8.68. The molecule has 1 saturated carbocycles. The van der Waals surface area contributed by atoms with Gasteiger partial charge in [-0.05, 0) is 67.5 Å². The molecular formula is C19H33NO. The van der Waals surface area contributed by atoms with Gasteiger partial charge >= 0.3 is 0 Å². The molecule has 1 aromatic heterocycles. The van der Waals surface area contributed by atoms with E-state index in [0.29, 0.717) is 10.8 Å². The maximum absolute atomic E-state index is 5.63. The second kappa shape index (κ2) is 7.00. The van der Waals surface area contributed by atoms with Crippen LogP contribution in [0.1, 0.15) is 65.6 Å². The van der Waals surface area contributed by atoms with Crippen molar-refractivity contribution in [3.8, 4) is 0 Å². The molecule has 2 heteroatoms. The first-order chi connectivity index (χ1) is 9.95. The van der Waals surface area contributed by atoms with Crippen LogP contribution in [0.25, 0.3) is 0 Å². The lowest BCUT2D eigenvalue weighted by molar-refractivity contribution is 0.0824. The Bertz CT molecular complexity index is 394. The largest absolute Gasteiger partial charge is 0.469 e. The van der Waals surface area contributed by atoms with Crippen LogP contribution in [0.15, 0.2) is 22.8 Å². The van der Waals surface area contributed by atoms with Crippen molar-refractivity contribution in [2.75, 3.05) is 13.1 Å². The van der Waals surface area contributed by atoms with Crippen LogP contribution in [-0.2, 0) is 6.42 Å². The Balaban J connectivity index is 2.00. The molecule has 0 radical (unpaired) electrons. The molecule has 1 aromatic rings. The van der Waals surface area contributed by atoms with Gasteiger partial charge in [-0.15, -0.1) is 0 Å². The molecule has 21 heavy (non-hydrogen) atoms. The highest BCUT2D eigenvalue weighted by atomic mass is 16.3. The van der Waals surface area contributed by atoms with Gasteiger partial charge in [0.1, 0.15) is 5.76 Å². The summed E-state index contributed by atoms with van der Waals surface area (Å²) in [6.07, 6.45) is 9.48. The smallest absolute Gasteiger partial charge is 0.104 e. The molecule has 0 unspecified atom stereocenters. The molecule has 0 spiro atoms. The van der Waals surface area contributed by atoms with Crippen LogP contribution in [-0.4, -0.2) is 13.1 Å². The molecule has 0 saturated heterocycles. The van der Waals surface area contributed by atoms with E-state index >= 15 is 0 Å². The maximum Gasteiger partial charge on any atom is 0.104 e. The van der Waals surface area contributed by atoms with Crippen LogP contribution in [0.4, 0.5) is 0 Å². The van der Waals surface area contributed by atoms with Crippen molar-refractivity contribution in [3.05, 3.63) is 24.2 Å². The molecule has 1 fully saturated rings. The molecule has 1 N–H and O–H groups in total. The highest BCUT2D eigenvalue weighted by Crippen LogP contribution is 2.46. The number of furan rings is 1. The Labute approximate surface area is 130 Å². The van der Waals surface area contributed by atoms with Gasteiger partial charge in [-0.25, -0.2) is 0 Å². The quantitative estimate of drug-likeness (QED) is 0.742. The van der Waals surface area contributed by atoms with E-state index in [2.05, 4.69) is 39.1 Å². The summed E-state index contributed by atoms with van der Waals surface area (Å²) in [5.74, 6) is 2.02. The highest BCUT2D eigenvalue weighted by Gasteiger charge is 2.39. The summed E-state index contributed by atoms with van der Waals surface area (Å²) in [5, 5.41) is 3.67. The van der Waals surface area contributed by atoms with Gasteiger partial charge in [0.2, 0.25) is 0 Å². The van der Waals surface area contributed by atoms with Gasteiger partial charge in [-0.2, -0.15) is 0 Å². The summed E-state index contributed by atoms with van der Waals surface area (Å²) in [6, 6.07) is 4.15. The molecular weight excluding hydrogens is 258 g/mol. The van der Waals surface area contributed by atoms with E-state index in [0.717, 1.165) is 31.2 Å². The zero-order valence-corrected chi connectivity index (χ0v) is 14.4. The molecule has 0 aromatic carbocycles. The van der Waals surface area contributed by atoms with Gasteiger partial charge in [-0.3, -0.25) is 0 Å². The van der Waals surface area contributed by atoms with Crippen LogP contribution in [0, 0.1) is 16.7 Å². The van der Waals surface area contributed by atoms with Crippen LogP contribution in [0.3, 0.4) is 0 Å². The Hall–Kier alpha value is -0.760. The van der Waals surface area contributed by atoms with Crippen molar-refractivity contribution in [2.24, 2.45) is 16.7 Å². The lowest BCUT2D eigenvalue weighted by Gasteiger charge is -2.44. The molecule has 1 aliphatic carbocycles. The monoisotopic (exact) mass is 291 g/mol. The molecule has 0 aliphatic heterocycles. The van der Waals surface area contributed by atoms with Crippen LogP contribution in [0.2, 0.25) is 0 Å². The van der Waals surface area contributed by atoms with Crippen molar-refractivity contribution in [1.29, 1.82) is 0 Å². The van der Waals surface area contributed by atoms with Crippen molar-refractivity contribution in [1.82, 2.24) is 5.32 Å². The standard InChI is InChI=1S/C19H33NO/c1-5-12-20-15-19(14-17-7-6-13-21-17)10-8-16(9-11-19)18(2,3)4/h6-7,13,16,20H,5,8-12,14-15H2,1-4H3. The normalized spacial score (nSPS) is 27.0. The molecule has 2 rings (SSSR count). The Kier molecular flexibility index (Phi) is 5.54. The zero-order valence-electron chi connectivity index (χ0n) is 14.4. The van der Waals surface area contributed by atoms with E-state index in [9.17, 15) is 0 Å². The fourth-order valence-electron chi connectivity index (χ4n) is 3.83. The minimum Gasteiger partial charge on any atom is -0.469 e. The fraction of sp³-hybridized carbons (Fsp3) is 0.789. The van der Waals surface area contributed by atoms with E-state index in [4.69, 9.17) is 4.42 Å². The summed E-state index contributed by atoms with van der Waals surface area (Å²) in [4.78, 5) is 0. The average Bonchev–Trinajstić information content (AvgIpc) is 2.91. The van der Waals surface area contributed by atoms with Crippen molar-refractivity contribution < 1.29 is 4.42 Å². The molecule has 120 valence electrons. The average molecular weight is 291 g/mol. The maximum atomic E-state index is 5.63. The number of nitrogens with one attached hydrogen (secondary N) is 1. The van der Waals surface area contributed by atoms with E-state index in [1.54, 1.807) is 0 Å². The summed E-state index contributed by atoms with van der Waals surface area (Å²) >= 11 is 0. The van der Waals surface area contributed by atoms with Gasteiger partial charge in [0.25, 0.3) is 0 Å². The fourth-order valence-corrected chi connectivity index (χ4v) is 3.83. The first kappa shape index (κ1) is 16.6. The summed E-state index contributed by atoms with van der Waals surface area (Å²) in [6.45, 7) is 11.7. The number of hydrogen-bond acceptors (Lipinski definition) is 2. The predicted molar refractivity (Wildman–Crippen MR) is 89.4 cm³/mol. The van der Waals surface area contributed by atoms with Crippen molar-refractivity contribution >= 4 is 0 Å². The second-order valence-corrected chi connectivity index (χ2v) is 8.07. The number of hydrogen-bond donors (Lipinski definition) is 1. The Morgan fingerprint density at radius 3 is 2.52 bits per heavy atom. The van der Waals surface area contributed by atoms with Gasteiger partial charge in [0, 0.05) is 13.0 Å². The molecule has 1 aliphatic rings. The number of rotatable bonds is 6. The van der Waals surface area contributed by atoms with E-state index in [-0.39, 0.29) is 0 Å². The second-order valence-electron chi connectivity index (χ2n) is 8.07. The predicted octanol–water partition coefficient (Wildman–Crippen LogP) is 5.04. The molecule has 2 nitrogen and oxygen atoms in total. The summed E-state index contributed by atoms with van der Waals surface area (Å²) in [5.41, 5.74) is 0.850. The molecule has 0 amide bonds. The van der Waals surface area contributed by atoms with Crippen LogP contribution >= 0.6 is 0 Å². The Morgan fingerprint density at radius 2 is 2.00 bits per heavy atom. The van der Waals surface area contributed by atoms with Gasteiger partial charge in [0.15, 0.2) is 0 Å². The Morgan fingerprint density at radius 1 is 1.29 bits per heavy atom. The minimum atomic E-state index is 0.398. The van der Waals surface area contributed by atoms with Crippen molar-refractivity contribution in [2.45, 2.75) is 66.2 Å². The summed E-state index contributed by atoms with van der Waals surface area (Å²) < 4.78 is 5.63. The van der Waals surface area contributed by atoms with E-state index in [1.165, 1.54) is 32.1 Å². The van der Waals surface area contributed by atoms with Crippen LogP contribution < -0.4 is 5.32 Å². The first-order valence-corrected chi connectivity index (χ1v) is 8.68. The third-order valence-electron chi connectivity index (χ3n) is 5.33. The zero-order chi connectivity index (χ0) is 15.3. The lowest BCUT2D eigenvalue weighted by Crippen LogP contribution is -2.41. The van der Waals surface area contributed by atoms with Crippen LogP contribution in [0.5, 0.6) is 0 Å². The minimum absolute atomic E-state index is 0.398. The molecule has 0 bridgehead atoms. The summed E-state index contributed by atoms with van der Waals surface area (Å²) in [7, 11) is 0. The lowest BCUT2D eigenvalue weighted by atomic mass is 9.62. The highest BCUT2D eigenvalue weighted by molar-refractivity contribution is 5.04. The topological polar surface area (TPSA) is 25.2 Å². The van der Waals surface area contributed by atoms with Gasteiger partial charge in [0.05, 0.1) is 6.26 Å². The SMILES string of the molecule is CCCNCC1(Cc2ccco2)CCC(C(C)(C)C)CC1. The molecule has 0 atom stereocenters. The third kappa shape index (κ3) is 4.60. The van der Waals surface area contributed by atoms with E-state index < -0.39 is 0 Å². The van der Waals surface area contributed by atoms with E-state index in [1.807, 2.05) is 12.3 Å². The van der Waals surface area contributed by atoms with Gasteiger partial charge in [-0.1, -0.05) is 27.7 Å².